The summed E-state index contributed by atoms with van der Waals surface area (Å²) in [7, 11) is 0. The molecule has 0 aliphatic heterocycles. The highest BCUT2D eigenvalue weighted by molar-refractivity contribution is 4.94. The lowest BCUT2D eigenvalue weighted by atomic mass is 10.00. The van der Waals surface area contributed by atoms with Gasteiger partial charge in [0.15, 0.2) is 0 Å². The summed E-state index contributed by atoms with van der Waals surface area (Å²) in [6.45, 7) is 0. The average Bonchev–Trinajstić information content (AvgIpc) is 2.43. The number of nitrogens with zero attached hydrogens (tertiary/aromatic N) is 1. The standard InChI is InChI=1S/C10H15N3O2/c14-9-11-8(12-10(15)13-9)7-5-3-1-2-4-6-7/h7H,1-6H2,(H2,11,12,13,14,15). The van der Waals surface area contributed by atoms with E-state index >= 15 is 0 Å². The van der Waals surface area contributed by atoms with Gasteiger partial charge >= 0.3 is 11.4 Å². The lowest BCUT2D eigenvalue weighted by Gasteiger charge is -2.11. The molecule has 2 N–H and O–H groups in total. The fourth-order valence-electron chi connectivity index (χ4n) is 2.16. The van der Waals surface area contributed by atoms with Gasteiger partial charge in [-0.1, -0.05) is 25.7 Å². The van der Waals surface area contributed by atoms with Crippen LogP contribution in [0.2, 0.25) is 0 Å². The lowest BCUT2D eigenvalue weighted by molar-refractivity contribution is 0.551. The molecule has 1 heterocycles. The average molecular weight is 209 g/mol. The van der Waals surface area contributed by atoms with Crippen LogP contribution < -0.4 is 11.4 Å². The molecular formula is C10H15N3O2. The van der Waals surface area contributed by atoms with E-state index in [0.29, 0.717) is 5.82 Å². The van der Waals surface area contributed by atoms with Gasteiger partial charge in [-0.2, -0.15) is 4.98 Å². The smallest absolute Gasteiger partial charge is 0.295 e. The van der Waals surface area contributed by atoms with E-state index in [1.807, 2.05) is 0 Å². The van der Waals surface area contributed by atoms with Gasteiger partial charge in [0.25, 0.3) is 0 Å². The van der Waals surface area contributed by atoms with Gasteiger partial charge < -0.3 is 0 Å². The minimum Gasteiger partial charge on any atom is -0.295 e. The maximum atomic E-state index is 11.1. The molecule has 0 atom stereocenters. The van der Waals surface area contributed by atoms with Crippen molar-refractivity contribution < 1.29 is 0 Å². The largest absolute Gasteiger partial charge is 0.350 e. The number of aromatic nitrogens is 3. The van der Waals surface area contributed by atoms with Crippen LogP contribution in [0.25, 0.3) is 0 Å². The Morgan fingerprint density at radius 1 is 1.00 bits per heavy atom. The molecule has 0 bridgehead atoms. The Labute approximate surface area is 87.0 Å². The van der Waals surface area contributed by atoms with Crippen LogP contribution in [0.3, 0.4) is 0 Å². The summed E-state index contributed by atoms with van der Waals surface area (Å²) < 4.78 is 0. The Morgan fingerprint density at radius 2 is 1.67 bits per heavy atom. The molecule has 0 saturated heterocycles. The molecule has 0 unspecified atom stereocenters. The SMILES string of the molecule is O=c1nc(C2CCCCCC2)[nH]c(=O)[nH]1. The fourth-order valence-corrected chi connectivity index (χ4v) is 2.16. The predicted octanol–water partition coefficient (Wildman–Crippen LogP) is 0.896. The molecule has 2 rings (SSSR count). The summed E-state index contributed by atoms with van der Waals surface area (Å²) in [4.78, 5) is 30.7. The summed E-state index contributed by atoms with van der Waals surface area (Å²) in [5.41, 5.74) is -0.993. The van der Waals surface area contributed by atoms with Crippen molar-refractivity contribution in [1.82, 2.24) is 15.0 Å². The van der Waals surface area contributed by atoms with Gasteiger partial charge in [0.05, 0.1) is 0 Å². The van der Waals surface area contributed by atoms with Crippen molar-refractivity contribution in [3.05, 3.63) is 26.8 Å². The minimum atomic E-state index is -0.544. The zero-order chi connectivity index (χ0) is 10.7. The van der Waals surface area contributed by atoms with Gasteiger partial charge in [0.1, 0.15) is 5.82 Å². The second kappa shape index (κ2) is 4.42. The van der Waals surface area contributed by atoms with Crippen molar-refractivity contribution in [3.63, 3.8) is 0 Å². The summed E-state index contributed by atoms with van der Waals surface area (Å²) in [6.07, 6.45) is 6.83. The van der Waals surface area contributed by atoms with Crippen molar-refractivity contribution in [2.45, 2.75) is 44.4 Å². The molecule has 1 aliphatic carbocycles. The minimum absolute atomic E-state index is 0.252. The van der Waals surface area contributed by atoms with Crippen LogP contribution in [-0.4, -0.2) is 15.0 Å². The number of nitrogens with one attached hydrogen (secondary N) is 2. The summed E-state index contributed by atoms with van der Waals surface area (Å²) in [5, 5.41) is 0. The summed E-state index contributed by atoms with van der Waals surface area (Å²) in [5.74, 6) is 0.813. The Hall–Kier alpha value is -1.39. The van der Waals surface area contributed by atoms with Gasteiger partial charge in [-0.05, 0) is 12.8 Å². The van der Waals surface area contributed by atoms with Gasteiger partial charge in [0.2, 0.25) is 0 Å². The molecular weight excluding hydrogens is 194 g/mol. The normalized spacial score (nSPS) is 18.7. The Balaban J connectivity index is 2.27. The van der Waals surface area contributed by atoms with Crippen molar-refractivity contribution in [2.24, 2.45) is 0 Å². The maximum Gasteiger partial charge on any atom is 0.350 e. The van der Waals surface area contributed by atoms with Crippen molar-refractivity contribution >= 4 is 0 Å². The van der Waals surface area contributed by atoms with Crippen molar-refractivity contribution in [3.8, 4) is 0 Å². The molecule has 1 saturated carbocycles. The van der Waals surface area contributed by atoms with Crippen LogP contribution in [0, 0.1) is 0 Å². The molecule has 82 valence electrons. The molecule has 1 aromatic heterocycles. The van der Waals surface area contributed by atoms with Crippen LogP contribution >= 0.6 is 0 Å². The highest BCUT2D eigenvalue weighted by Crippen LogP contribution is 2.28. The first-order valence-corrected chi connectivity index (χ1v) is 5.46. The monoisotopic (exact) mass is 209 g/mol. The van der Waals surface area contributed by atoms with Crippen LogP contribution in [0.5, 0.6) is 0 Å². The molecule has 5 heteroatoms. The van der Waals surface area contributed by atoms with Crippen molar-refractivity contribution in [2.75, 3.05) is 0 Å². The zero-order valence-corrected chi connectivity index (χ0v) is 8.58. The third-order valence-corrected chi connectivity index (χ3v) is 2.93. The third kappa shape index (κ3) is 2.55. The second-order valence-electron chi connectivity index (χ2n) is 4.07. The number of rotatable bonds is 1. The van der Waals surface area contributed by atoms with Crippen LogP contribution in [0.4, 0.5) is 0 Å². The quantitative estimate of drug-likeness (QED) is 0.674. The van der Waals surface area contributed by atoms with E-state index in [1.165, 1.54) is 12.8 Å². The Kier molecular flexibility index (Phi) is 2.99. The van der Waals surface area contributed by atoms with E-state index in [9.17, 15) is 9.59 Å². The summed E-state index contributed by atoms with van der Waals surface area (Å²) in [6, 6.07) is 0. The number of H-pyrrole nitrogens is 2. The first-order valence-electron chi connectivity index (χ1n) is 5.46. The first-order chi connectivity index (χ1) is 7.25. The van der Waals surface area contributed by atoms with Gasteiger partial charge in [-0.3, -0.25) is 9.97 Å². The van der Waals surface area contributed by atoms with Crippen LogP contribution in [0.1, 0.15) is 50.3 Å². The van der Waals surface area contributed by atoms with E-state index in [2.05, 4.69) is 15.0 Å². The van der Waals surface area contributed by atoms with Gasteiger partial charge in [-0.15, -0.1) is 0 Å². The molecule has 0 spiro atoms. The van der Waals surface area contributed by atoms with E-state index in [0.717, 1.165) is 25.7 Å². The lowest BCUT2D eigenvalue weighted by Crippen LogP contribution is -2.28. The maximum absolute atomic E-state index is 11.1. The summed E-state index contributed by atoms with van der Waals surface area (Å²) >= 11 is 0. The van der Waals surface area contributed by atoms with E-state index < -0.39 is 11.4 Å². The highest BCUT2D eigenvalue weighted by atomic mass is 16.2. The molecule has 1 fully saturated rings. The topological polar surface area (TPSA) is 78.6 Å². The van der Waals surface area contributed by atoms with E-state index in [4.69, 9.17) is 0 Å². The van der Waals surface area contributed by atoms with Crippen LogP contribution in [0.15, 0.2) is 9.59 Å². The van der Waals surface area contributed by atoms with Crippen LogP contribution in [-0.2, 0) is 0 Å². The van der Waals surface area contributed by atoms with E-state index in [1.54, 1.807) is 0 Å². The number of hydrogen-bond donors (Lipinski definition) is 2. The van der Waals surface area contributed by atoms with Crippen molar-refractivity contribution in [1.29, 1.82) is 0 Å². The number of hydrogen-bond acceptors (Lipinski definition) is 3. The third-order valence-electron chi connectivity index (χ3n) is 2.93. The molecule has 0 aromatic carbocycles. The molecule has 0 amide bonds. The highest BCUT2D eigenvalue weighted by Gasteiger charge is 2.16. The molecule has 5 nitrogen and oxygen atoms in total. The predicted molar refractivity (Wildman–Crippen MR) is 55.9 cm³/mol. The zero-order valence-electron chi connectivity index (χ0n) is 8.58. The molecule has 1 aromatic rings. The Bertz CT molecular complexity index is 399. The van der Waals surface area contributed by atoms with Gasteiger partial charge in [0, 0.05) is 5.92 Å². The van der Waals surface area contributed by atoms with E-state index in [-0.39, 0.29) is 5.92 Å². The fraction of sp³-hybridized carbons (Fsp3) is 0.700. The molecule has 0 radical (unpaired) electrons. The molecule has 15 heavy (non-hydrogen) atoms. The second-order valence-corrected chi connectivity index (χ2v) is 4.07. The van der Waals surface area contributed by atoms with Gasteiger partial charge in [-0.25, -0.2) is 9.59 Å². The Morgan fingerprint density at radius 3 is 2.27 bits per heavy atom. The molecule has 1 aliphatic rings. The number of aromatic amines is 2. The first kappa shape index (κ1) is 10.1.